The van der Waals surface area contributed by atoms with Gasteiger partial charge in [-0.3, -0.25) is 4.98 Å². The Morgan fingerprint density at radius 3 is 3.00 bits per heavy atom. The largest absolute Gasteiger partial charge is 0.253 e. The lowest BCUT2D eigenvalue weighted by molar-refractivity contribution is 1.20. The van der Waals surface area contributed by atoms with Crippen LogP contribution in [-0.4, -0.2) is 4.98 Å². The fourth-order valence-corrected chi connectivity index (χ4v) is 1.98. The van der Waals surface area contributed by atoms with E-state index in [1.807, 2.05) is 11.7 Å². The van der Waals surface area contributed by atoms with E-state index in [9.17, 15) is 0 Å². The smallest absolute Gasteiger partial charge is 0.0794 e. The van der Waals surface area contributed by atoms with E-state index in [4.69, 9.17) is 0 Å². The van der Waals surface area contributed by atoms with Crippen molar-refractivity contribution >= 4 is 11.3 Å². The zero-order valence-corrected chi connectivity index (χ0v) is 8.34. The number of rotatable bonds is 2. The summed E-state index contributed by atoms with van der Waals surface area (Å²) in [7, 11) is 0. The molecule has 2 heteroatoms. The van der Waals surface area contributed by atoms with Crippen LogP contribution in [0.15, 0.2) is 36.0 Å². The van der Waals surface area contributed by atoms with Gasteiger partial charge in [0, 0.05) is 17.5 Å². The normalized spacial score (nSPS) is 10.2. The zero-order valence-electron chi connectivity index (χ0n) is 7.53. The molecule has 0 N–H and O–H groups in total. The molecule has 0 aliphatic heterocycles. The SMILES string of the molecule is Cc1cccc(Cc2cncs2)c1. The molecule has 1 nitrogen and oxygen atoms in total. The topological polar surface area (TPSA) is 12.9 Å². The summed E-state index contributed by atoms with van der Waals surface area (Å²) in [6.07, 6.45) is 2.94. The van der Waals surface area contributed by atoms with E-state index in [2.05, 4.69) is 36.2 Å². The highest BCUT2D eigenvalue weighted by Gasteiger charge is 1.97. The Bertz CT molecular complexity index is 379. The molecule has 0 bridgehead atoms. The molecule has 1 heterocycles. The lowest BCUT2D eigenvalue weighted by Crippen LogP contribution is -1.84. The minimum absolute atomic E-state index is 1.01. The van der Waals surface area contributed by atoms with Gasteiger partial charge in [-0.2, -0.15) is 0 Å². The summed E-state index contributed by atoms with van der Waals surface area (Å²) < 4.78 is 0. The molecule has 66 valence electrons. The maximum absolute atomic E-state index is 4.06. The van der Waals surface area contributed by atoms with Gasteiger partial charge in [-0.15, -0.1) is 11.3 Å². The first-order chi connectivity index (χ1) is 6.34. The molecule has 13 heavy (non-hydrogen) atoms. The van der Waals surface area contributed by atoms with Crippen LogP contribution in [0, 0.1) is 6.92 Å². The van der Waals surface area contributed by atoms with Gasteiger partial charge in [-0.05, 0) is 12.5 Å². The van der Waals surface area contributed by atoms with Crippen molar-refractivity contribution in [3.05, 3.63) is 52.0 Å². The molecule has 0 spiro atoms. The fraction of sp³-hybridized carbons (Fsp3) is 0.182. The minimum atomic E-state index is 1.01. The monoisotopic (exact) mass is 189 g/mol. The van der Waals surface area contributed by atoms with Crippen LogP contribution in [0.4, 0.5) is 0 Å². The van der Waals surface area contributed by atoms with Crippen molar-refractivity contribution in [3.63, 3.8) is 0 Å². The van der Waals surface area contributed by atoms with Gasteiger partial charge in [-0.1, -0.05) is 29.8 Å². The van der Waals surface area contributed by atoms with Crippen molar-refractivity contribution in [1.82, 2.24) is 4.98 Å². The predicted octanol–water partition coefficient (Wildman–Crippen LogP) is 3.04. The molecule has 0 aliphatic rings. The Morgan fingerprint density at radius 1 is 1.38 bits per heavy atom. The van der Waals surface area contributed by atoms with Crippen LogP contribution in [0.2, 0.25) is 0 Å². The third-order valence-electron chi connectivity index (χ3n) is 1.94. The second-order valence-corrected chi connectivity index (χ2v) is 4.10. The average molecular weight is 189 g/mol. The van der Waals surface area contributed by atoms with E-state index in [-0.39, 0.29) is 0 Å². The molecule has 0 aliphatic carbocycles. The second-order valence-electron chi connectivity index (χ2n) is 3.13. The molecule has 0 unspecified atom stereocenters. The van der Waals surface area contributed by atoms with E-state index in [1.165, 1.54) is 16.0 Å². The van der Waals surface area contributed by atoms with Crippen molar-refractivity contribution in [2.75, 3.05) is 0 Å². The number of hydrogen-bond donors (Lipinski definition) is 0. The second kappa shape index (κ2) is 3.71. The maximum atomic E-state index is 4.06. The molecule has 0 radical (unpaired) electrons. The first-order valence-corrected chi connectivity index (χ1v) is 5.15. The van der Waals surface area contributed by atoms with Gasteiger partial charge in [0.2, 0.25) is 0 Å². The molecule has 0 amide bonds. The molecule has 2 aromatic rings. The number of aromatic nitrogens is 1. The number of aryl methyl sites for hydroxylation is 1. The molecular weight excluding hydrogens is 178 g/mol. The minimum Gasteiger partial charge on any atom is -0.253 e. The van der Waals surface area contributed by atoms with E-state index in [0.29, 0.717) is 0 Å². The summed E-state index contributed by atoms with van der Waals surface area (Å²) in [6, 6.07) is 8.61. The fourth-order valence-electron chi connectivity index (χ4n) is 1.35. The van der Waals surface area contributed by atoms with Gasteiger partial charge < -0.3 is 0 Å². The number of benzene rings is 1. The average Bonchev–Trinajstić information content (AvgIpc) is 2.57. The number of thiazole rings is 1. The van der Waals surface area contributed by atoms with Crippen LogP contribution < -0.4 is 0 Å². The van der Waals surface area contributed by atoms with E-state index in [1.54, 1.807) is 11.3 Å². The Balaban J connectivity index is 2.19. The first-order valence-electron chi connectivity index (χ1n) is 4.27. The summed E-state index contributed by atoms with van der Waals surface area (Å²) in [5.74, 6) is 0. The molecular formula is C11H11NS. The van der Waals surface area contributed by atoms with Crippen LogP contribution in [0.5, 0.6) is 0 Å². The standard InChI is InChI=1S/C11H11NS/c1-9-3-2-4-10(5-9)6-11-7-12-8-13-11/h2-5,7-8H,6H2,1H3. The molecule has 0 saturated heterocycles. The lowest BCUT2D eigenvalue weighted by Gasteiger charge is -1.99. The highest BCUT2D eigenvalue weighted by Crippen LogP contribution is 2.13. The van der Waals surface area contributed by atoms with Crippen LogP contribution in [-0.2, 0) is 6.42 Å². The Hall–Kier alpha value is -1.15. The summed E-state index contributed by atoms with van der Waals surface area (Å²) in [5, 5.41) is 0. The van der Waals surface area contributed by atoms with Crippen LogP contribution >= 0.6 is 11.3 Å². The lowest BCUT2D eigenvalue weighted by atomic mass is 10.1. The molecule has 0 atom stereocenters. The third kappa shape index (κ3) is 2.16. The highest BCUT2D eigenvalue weighted by atomic mass is 32.1. The van der Waals surface area contributed by atoms with Crippen LogP contribution in [0.25, 0.3) is 0 Å². The van der Waals surface area contributed by atoms with Gasteiger partial charge in [0.25, 0.3) is 0 Å². The molecule has 1 aromatic carbocycles. The van der Waals surface area contributed by atoms with Crippen molar-refractivity contribution in [1.29, 1.82) is 0 Å². The Labute approximate surface area is 82.1 Å². The predicted molar refractivity (Wildman–Crippen MR) is 56.1 cm³/mol. The maximum Gasteiger partial charge on any atom is 0.0794 e. The van der Waals surface area contributed by atoms with Crippen molar-refractivity contribution < 1.29 is 0 Å². The molecule has 0 saturated carbocycles. The molecule has 0 fully saturated rings. The van der Waals surface area contributed by atoms with Gasteiger partial charge >= 0.3 is 0 Å². The Kier molecular flexibility index (Phi) is 2.41. The van der Waals surface area contributed by atoms with Gasteiger partial charge in [0.1, 0.15) is 0 Å². The van der Waals surface area contributed by atoms with Crippen molar-refractivity contribution in [2.45, 2.75) is 13.3 Å². The quantitative estimate of drug-likeness (QED) is 0.707. The van der Waals surface area contributed by atoms with Crippen LogP contribution in [0.3, 0.4) is 0 Å². The van der Waals surface area contributed by atoms with E-state index >= 15 is 0 Å². The van der Waals surface area contributed by atoms with Crippen molar-refractivity contribution in [2.24, 2.45) is 0 Å². The summed E-state index contributed by atoms with van der Waals surface area (Å²) in [4.78, 5) is 5.38. The third-order valence-corrected chi connectivity index (χ3v) is 2.72. The van der Waals surface area contributed by atoms with Gasteiger partial charge in [0.05, 0.1) is 5.51 Å². The van der Waals surface area contributed by atoms with Crippen molar-refractivity contribution in [3.8, 4) is 0 Å². The highest BCUT2D eigenvalue weighted by molar-refractivity contribution is 7.09. The molecule has 2 rings (SSSR count). The van der Waals surface area contributed by atoms with Gasteiger partial charge in [0.15, 0.2) is 0 Å². The summed E-state index contributed by atoms with van der Waals surface area (Å²) in [6.45, 7) is 2.12. The molecule has 1 aromatic heterocycles. The van der Waals surface area contributed by atoms with E-state index < -0.39 is 0 Å². The first kappa shape index (κ1) is 8.45. The Morgan fingerprint density at radius 2 is 2.31 bits per heavy atom. The summed E-state index contributed by atoms with van der Waals surface area (Å²) in [5.41, 5.74) is 4.57. The number of nitrogens with zero attached hydrogens (tertiary/aromatic N) is 1. The number of hydrogen-bond acceptors (Lipinski definition) is 2. The van der Waals surface area contributed by atoms with E-state index in [0.717, 1.165) is 6.42 Å². The zero-order chi connectivity index (χ0) is 9.10. The summed E-state index contributed by atoms with van der Waals surface area (Å²) >= 11 is 1.71. The van der Waals surface area contributed by atoms with Crippen LogP contribution in [0.1, 0.15) is 16.0 Å². The van der Waals surface area contributed by atoms with Gasteiger partial charge in [-0.25, -0.2) is 0 Å².